The fourth-order valence-electron chi connectivity index (χ4n) is 2.19. The lowest BCUT2D eigenvalue weighted by Gasteiger charge is -2.07. The molecule has 0 saturated carbocycles. The summed E-state index contributed by atoms with van der Waals surface area (Å²) in [4.78, 5) is 27.3. The number of aromatic nitrogens is 2. The number of aryl methyl sites for hydroxylation is 1. The first-order valence-electron chi connectivity index (χ1n) is 6.08. The van der Waals surface area contributed by atoms with Crippen LogP contribution < -0.4 is 11.2 Å². The second-order valence-electron chi connectivity index (χ2n) is 4.60. The molecule has 0 aliphatic heterocycles. The van der Waals surface area contributed by atoms with Crippen molar-refractivity contribution in [1.82, 2.24) is 9.55 Å². The minimum absolute atomic E-state index is 0.378. The van der Waals surface area contributed by atoms with Crippen LogP contribution in [0.15, 0.2) is 52.1 Å². The van der Waals surface area contributed by atoms with Crippen molar-refractivity contribution in [3.63, 3.8) is 0 Å². The third-order valence-corrected chi connectivity index (χ3v) is 3.35. The molecule has 3 aromatic rings. The molecule has 0 fully saturated rings. The van der Waals surface area contributed by atoms with Crippen LogP contribution in [0.1, 0.15) is 5.56 Å². The van der Waals surface area contributed by atoms with E-state index in [0.717, 1.165) is 10.1 Å². The highest BCUT2D eigenvalue weighted by molar-refractivity contribution is 6.31. The molecule has 0 radical (unpaired) electrons. The summed E-state index contributed by atoms with van der Waals surface area (Å²) in [6.45, 7) is 1.90. The van der Waals surface area contributed by atoms with Crippen molar-refractivity contribution in [3.8, 4) is 5.69 Å². The van der Waals surface area contributed by atoms with E-state index in [2.05, 4.69) is 4.98 Å². The quantitative estimate of drug-likeness (QED) is 0.748. The zero-order valence-corrected chi connectivity index (χ0v) is 11.4. The molecule has 0 bridgehead atoms. The van der Waals surface area contributed by atoms with Crippen molar-refractivity contribution in [2.75, 3.05) is 0 Å². The van der Waals surface area contributed by atoms with Gasteiger partial charge in [-0.2, -0.15) is 0 Å². The highest BCUT2D eigenvalue weighted by Gasteiger charge is 2.09. The molecular formula is C15H11ClN2O2. The molecule has 4 nitrogen and oxygen atoms in total. The molecule has 0 saturated heterocycles. The summed E-state index contributed by atoms with van der Waals surface area (Å²) >= 11 is 5.91. The molecule has 0 unspecified atom stereocenters. The highest BCUT2D eigenvalue weighted by Crippen LogP contribution is 2.14. The molecule has 1 heterocycles. The number of benzene rings is 2. The van der Waals surface area contributed by atoms with E-state index in [1.165, 1.54) is 0 Å². The van der Waals surface area contributed by atoms with E-state index in [-0.39, 0.29) is 5.56 Å². The average Bonchev–Trinajstić information content (AvgIpc) is 2.40. The van der Waals surface area contributed by atoms with E-state index in [9.17, 15) is 9.59 Å². The van der Waals surface area contributed by atoms with Crippen molar-refractivity contribution in [2.24, 2.45) is 0 Å². The van der Waals surface area contributed by atoms with Gasteiger partial charge in [0, 0.05) is 5.02 Å². The Hall–Kier alpha value is -2.33. The van der Waals surface area contributed by atoms with Crippen molar-refractivity contribution in [3.05, 3.63) is 73.9 Å². The maximum atomic E-state index is 12.5. The Morgan fingerprint density at radius 3 is 2.65 bits per heavy atom. The molecule has 100 valence electrons. The number of hydrogen-bond acceptors (Lipinski definition) is 2. The van der Waals surface area contributed by atoms with Crippen molar-refractivity contribution in [2.45, 2.75) is 6.92 Å². The van der Waals surface area contributed by atoms with E-state index in [1.54, 1.807) is 36.4 Å². The van der Waals surface area contributed by atoms with Gasteiger partial charge in [-0.15, -0.1) is 0 Å². The van der Waals surface area contributed by atoms with Gasteiger partial charge in [-0.05, 0) is 42.8 Å². The molecule has 3 rings (SSSR count). The van der Waals surface area contributed by atoms with Gasteiger partial charge in [0.25, 0.3) is 5.56 Å². The highest BCUT2D eigenvalue weighted by atomic mass is 35.5. The van der Waals surface area contributed by atoms with Crippen molar-refractivity contribution in [1.29, 1.82) is 0 Å². The topological polar surface area (TPSA) is 54.9 Å². The van der Waals surface area contributed by atoms with Crippen LogP contribution in [-0.2, 0) is 0 Å². The molecule has 1 aromatic heterocycles. The number of nitrogens with one attached hydrogen (secondary N) is 1. The zero-order valence-electron chi connectivity index (χ0n) is 10.7. The first-order chi connectivity index (χ1) is 9.56. The van der Waals surface area contributed by atoms with Crippen LogP contribution in [-0.4, -0.2) is 9.55 Å². The molecule has 20 heavy (non-hydrogen) atoms. The van der Waals surface area contributed by atoms with E-state index < -0.39 is 5.69 Å². The fourth-order valence-corrected chi connectivity index (χ4v) is 2.36. The Balaban J connectivity index is 2.42. The molecule has 1 N–H and O–H groups in total. The van der Waals surface area contributed by atoms with Gasteiger partial charge in [0.2, 0.25) is 0 Å². The van der Waals surface area contributed by atoms with Gasteiger partial charge in [-0.1, -0.05) is 23.7 Å². The van der Waals surface area contributed by atoms with Crippen LogP contribution in [0.4, 0.5) is 0 Å². The van der Waals surface area contributed by atoms with E-state index in [0.29, 0.717) is 21.6 Å². The van der Waals surface area contributed by atoms with Crippen molar-refractivity contribution >= 4 is 22.5 Å². The van der Waals surface area contributed by atoms with Gasteiger partial charge in [0.15, 0.2) is 0 Å². The fraction of sp³-hybridized carbons (Fsp3) is 0.0667. The first kappa shape index (κ1) is 12.7. The average molecular weight is 287 g/mol. The molecule has 0 atom stereocenters. The SMILES string of the molecule is Cc1cccc(-n2c(=O)[nH]c3ccc(Cl)cc3c2=O)c1. The van der Waals surface area contributed by atoms with Gasteiger partial charge in [-0.25, -0.2) is 9.36 Å². The molecule has 0 aliphatic rings. The minimum Gasteiger partial charge on any atom is -0.306 e. The summed E-state index contributed by atoms with van der Waals surface area (Å²) < 4.78 is 1.12. The number of hydrogen-bond donors (Lipinski definition) is 1. The van der Waals surface area contributed by atoms with Crippen LogP contribution in [0.25, 0.3) is 16.6 Å². The summed E-state index contributed by atoms with van der Waals surface area (Å²) in [5, 5.41) is 0.844. The molecule has 0 aliphatic carbocycles. The van der Waals surface area contributed by atoms with Crippen molar-refractivity contribution < 1.29 is 0 Å². The van der Waals surface area contributed by atoms with Crippen LogP contribution in [0.3, 0.4) is 0 Å². The number of nitrogens with zero attached hydrogens (tertiary/aromatic N) is 1. The normalized spacial score (nSPS) is 10.9. The third-order valence-electron chi connectivity index (χ3n) is 3.12. The standard InChI is InChI=1S/C15H11ClN2O2/c1-9-3-2-4-11(7-9)18-14(19)12-8-10(16)5-6-13(12)17-15(18)20/h2-8H,1H3,(H,17,20). The summed E-state index contributed by atoms with van der Waals surface area (Å²) in [5.41, 5.74) is 1.15. The van der Waals surface area contributed by atoms with E-state index >= 15 is 0 Å². The zero-order chi connectivity index (χ0) is 14.3. The van der Waals surface area contributed by atoms with Gasteiger partial charge in [-0.3, -0.25) is 4.79 Å². The summed E-state index contributed by atoms with van der Waals surface area (Å²) in [5.74, 6) is 0. The number of fused-ring (bicyclic) bond motifs is 1. The summed E-state index contributed by atoms with van der Waals surface area (Å²) in [6.07, 6.45) is 0. The minimum atomic E-state index is -0.463. The second-order valence-corrected chi connectivity index (χ2v) is 5.04. The number of aromatic amines is 1. The molecule has 0 spiro atoms. The van der Waals surface area contributed by atoms with Gasteiger partial charge < -0.3 is 4.98 Å². The van der Waals surface area contributed by atoms with Gasteiger partial charge in [0.05, 0.1) is 16.6 Å². The van der Waals surface area contributed by atoms with Crippen LogP contribution >= 0.6 is 11.6 Å². The van der Waals surface area contributed by atoms with E-state index in [4.69, 9.17) is 11.6 Å². The van der Waals surface area contributed by atoms with Gasteiger partial charge in [0.1, 0.15) is 0 Å². The molecular weight excluding hydrogens is 276 g/mol. The van der Waals surface area contributed by atoms with Crippen LogP contribution in [0, 0.1) is 6.92 Å². The lowest BCUT2D eigenvalue weighted by atomic mass is 10.2. The predicted octanol–water partition coefficient (Wildman–Crippen LogP) is 2.64. The van der Waals surface area contributed by atoms with Crippen LogP contribution in [0.5, 0.6) is 0 Å². The largest absolute Gasteiger partial charge is 0.333 e. The summed E-state index contributed by atoms with van der Waals surface area (Å²) in [6, 6.07) is 12.0. The van der Waals surface area contributed by atoms with Gasteiger partial charge >= 0.3 is 5.69 Å². The third kappa shape index (κ3) is 2.04. The second kappa shape index (κ2) is 4.65. The summed E-state index contributed by atoms with van der Waals surface area (Å²) in [7, 11) is 0. The first-order valence-corrected chi connectivity index (χ1v) is 6.46. The predicted molar refractivity (Wildman–Crippen MR) is 79.9 cm³/mol. The maximum Gasteiger partial charge on any atom is 0.333 e. The Bertz CT molecular complexity index is 925. The lowest BCUT2D eigenvalue weighted by Crippen LogP contribution is -2.33. The Kier molecular flexibility index (Phi) is 2.95. The number of H-pyrrole nitrogens is 1. The van der Waals surface area contributed by atoms with E-state index in [1.807, 2.05) is 13.0 Å². The number of halogens is 1. The Morgan fingerprint density at radius 2 is 1.90 bits per heavy atom. The number of rotatable bonds is 1. The smallest absolute Gasteiger partial charge is 0.306 e. The Morgan fingerprint density at radius 1 is 1.10 bits per heavy atom. The lowest BCUT2D eigenvalue weighted by molar-refractivity contribution is 0.900. The van der Waals surface area contributed by atoms with Crippen LogP contribution in [0.2, 0.25) is 5.02 Å². The Labute approximate surface area is 119 Å². The molecule has 0 amide bonds. The molecule has 2 aromatic carbocycles. The maximum absolute atomic E-state index is 12.5. The monoisotopic (exact) mass is 286 g/mol. The molecule has 5 heteroatoms.